The zero-order valence-electron chi connectivity index (χ0n) is 9.23. The van der Waals surface area contributed by atoms with E-state index in [0.29, 0.717) is 11.5 Å². The molecule has 0 radical (unpaired) electrons. The van der Waals surface area contributed by atoms with E-state index in [1.807, 2.05) is 0 Å². The molecule has 0 fully saturated rings. The molecule has 1 aromatic rings. The molecule has 0 saturated heterocycles. The molecule has 0 aromatic heterocycles. The third kappa shape index (κ3) is 2.63. The van der Waals surface area contributed by atoms with Crippen LogP contribution in [-0.4, -0.2) is 22.6 Å². The van der Waals surface area contributed by atoms with Gasteiger partial charge in [-0.05, 0) is 25.1 Å². The van der Waals surface area contributed by atoms with E-state index in [9.17, 15) is 12.3 Å². The molecule has 0 N–H and O–H groups in total. The molecule has 1 rings (SSSR count). The fourth-order valence-corrected chi connectivity index (χ4v) is 1.80. The van der Waals surface area contributed by atoms with Crippen LogP contribution in [0, 0.1) is 0 Å². The Hall–Kier alpha value is -1.30. The van der Waals surface area contributed by atoms with Gasteiger partial charge in [0.05, 0.1) is 14.2 Å². The maximum Gasteiger partial charge on any atom is 0.309 e. The minimum Gasteiger partial charge on any atom is -0.497 e. The normalized spacial score (nSPS) is 13.2. The fourth-order valence-electron chi connectivity index (χ4n) is 1.31. The molecule has 0 saturated carbocycles. The third-order valence-electron chi connectivity index (χ3n) is 2.30. The summed E-state index contributed by atoms with van der Waals surface area (Å²) in [5.41, 5.74) is 0.240. The minimum atomic E-state index is -4.65. The van der Waals surface area contributed by atoms with Crippen molar-refractivity contribution in [1.82, 2.24) is 0 Å². The van der Waals surface area contributed by atoms with Gasteiger partial charge in [-0.15, -0.1) is 3.89 Å². The number of halogens is 1. The van der Waals surface area contributed by atoms with Crippen molar-refractivity contribution in [1.29, 1.82) is 0 Å². The first-order valence-corrected chi connectivity index (χ1v) is 6.00. The molecular weight excluding hydrogens is 235 g/mol. The van der Waals surface area contributed by atoms with Crippen LogP contribution in [0.25, 0.3) is 0 Å². The van der Waals surface area contributed by atoms with Gasteiger partial charge < -0.3 is 9.47 Å². The Balaban J connectivity index is 3.29. The van der Waals surface area contributed by atoms with Crippen LogP contribution in [0.3, 0.4) is 0 Å². The number of benzene rings is 1. The number of rotatable bonds is 4. The average molecular weight is 248 g/mol. The second-order valence-electron chi connectivity index (χ2n) is 3.23. The molecule has 0 spiro atoms. The molecule has 1 atom stereocenters. The first-order valence-electron chi connectivity index (χ1n) is 4.55. The Morgan fingerprint density at radius 2 is 1.88 bits per heavy atom. The average Bonchev–Trinajstić information content (AvgIpc) is 2.25. The van der Waals surface area contributed by atoms with Gasteiger partial charge in [-0.3, -0.25) is 0 Å². The Bertz CT molecular complexity index is 470. The Morgan fingerprint density at radius 1 is 1.25 bits per heavy atom. The highest BCUT2D eigenvalue weighted by atomic mass is 32.3. The molecule has 0 heterocycles. The summed E-state index contributed by atoms with van der Waals surface area (Å²) in [7, 11) is -1.81. The molecule has 0 bridgehead atoms. The van der Waals surface area contributed by atoms with Gasteiger partial charge in [-0.2, -0.15) is 8.42 Å². The number of hydrogen-bond acceptors (Lipinski definition) is 4. The smallest absolute Gasteiger partial charge is 0.309 e. The lowest BCUT2D eigenvalue weighted by atomic mass is 10.1. The van der Waals surface area contributed by atoms with Crippen LogP contribution >= 0.6 is 0 Å². The van der Waals surface area contributed by atoms with Crippen molar-refractivity contribution in [3.63, 3.8) is 0 Å². The fraction of sp³-hybridized carbons (Fsp3) is 0.400. The van der Waals surface area contributed by atoms with Gasteiger partial charge in [0.1, 0.15) is 16.7 Å². The summed E-state index contributed by atoms with van der Waals surface area (Å²) >= 11 is 0. The van der Waals surface area contributed by atoms with Gasteiger partial charge >= 0.3 is 10.2 Å². The molecule has 0 amide bonds. The number of methoxy groups -OCH3 is 2. The molecule has 6 heteroatoms. The quantitative estimate of drug-likeness (QED) is 0.765. The molecule has 0 aliphatic heterocycles. The summed E-state index contributed by atoms with van der Waals surface area (Å²) in [6.45, 7) is 1.26. The lowest BCUT2D eigenvalue weighted by Gasteiger charge is -2.13. The zero-order chi connectivity index (χ0) is 12.3. The van der Waals surface area contributed by atoms with Gasteiger partial charge in [0.15, 0.2) is 0 Å². The summed E-state index contributed by atoms with van der Waals surface area (Å²) in [6, 6.07) is 4.59. The van der Waals surface area contributed by atoms with Crippen LogP contribution in [0.4, 0.5) is 3.89 Å². The van der Waals surface area contributed by atoms with Crippen molar-refractivity contribution >= 4 is 10.2 Å². The van der Waals surface area contributed by atoms with E-state index in [0.717, 1.165) is 0 Å². The van der Waals surface area contributed by atoms with E-state index >= 15 is 0 Å². The second-order valence-corrected chi connectivity index (χ2v) is 4.88. The van der Waals surface area contributed by atoms with Crippen LogP contribution in [0.15, 0.2) is 18.2 Å². The molecule has 1 unspecified atom stereocenters. The van der Waals surface area contributed by atoms with E-state index in [-0.39, 0.29) is 5.56 Å². The van der Waals surface area contributed by atoms with Gasteiger partial charge in [0.2, 0.25) is 0 Å². The lowest BCUT2D eigenvalue weighted by Crippen LogP contribution is -2.06. The van der Waals surface area contributed by atoms with Crippen LogP contribution in [0.2, 0.25) is 0 Å². The van der Waals surface area contributed by atoms with E-state index in [1.54, 1.807) is 6.07 Å². The molecule has 4 nitrogen and oxygen atoms in total. The highest BCUT2D eigenvalue weighted by Gasteiger charge is 2.25. The Kier molecular flexibility index (Phi) is 3.74. The molecule has 16 heavy (non-hydrogen) atoms. The molecule has 0 aliphatic carbocycles. The van der Waals surface area contributed by atoms with Crippen molar-refractivity contribution in [3.8, 4) is 11.5 Å². The monoisotopic (exact) mass is 248 g/mol. The first kappa shape index (κ1) is 12.8. The maximum atomic E-state index is 12.9. The largest absolute Gasteiger partial charge is 0.497 e. The minimum absolute atomic E-state index is 0.240. The zero-order valence-corrected chi connectivity index (χ0v) is 10.0. The highest BCUT2D eigenvalue weighted by Crippen LogP contribution is 2.33. The van der Waals surface area contributed by atoms with Crippen molar-refractivity contribution in [2.45, 2.75) is 12.2 Å². The summed E-state index contributed by atoms with van der Waals surface area (Å²) < 4.78 is 44.5. The summed E-state index contributed by atoms with van der Waals surface area (Å²) in [5, 5.41) is -1.28. The molecule has 0 aliphatic rings. The Morgan fingerprint density at radius 3 is 2.31 bits per heavy atom. The van der Waals surface area contributed by atoms with Crippen molar-refractivity contribution in [3.05, 3.63) is 23.8 Å². The van der Waals surface area contributed by atoms with Crippen molar-refractivity contribution in [2.24, 2.45) is 0 Å². The molecule has 90 valence electrons. The predicted octanol–water partition coefficient (Wildman–Crippen LogP) is 2.06. The van der Waals surface area contributed by atoms with Gasteiger partial charge in [-0.25, -0.2) is 0 Å². The number of hydrogen-bond donors (Lipinski definition) is 0. The van der Waals surface area contributed by atoms with Crippen molar-refractivity contribution in [2.75, 3.05) is 14.2 Å². The standard InChI is InChI=1S/C10H13FO4S/c1-7(16(11,12)13)9-6-8(14-2)4-5-10(9)15-3/h4-7H,1-3H3. The van der Waals surface area contributed by atoms with Gasteiger partial charge in [-0.1, -0.05) is 0 Å². The van der Waals surface area contributed by atoms with E-state index < -0.39 is 15.5 Å². The summed E-state index contributed by atoms with van der Waals surface area (Å²) in [5.74, 6) is 0.765. The van der Waals surface area contributed by atoms with E-state index in [1.165, 1.54) is 33.3 Å². The topological polar surface area (TPSA) is 52.6 Å². The van der Waals surface area contributed by atoms with E-state index in [2.05, 4.69) is 0 Å². The molecular formula is C10H13FO4S. The van der Waals surface area contributed by atoms with Gasteiger partial charge in [0.25, 0.3) is 0 Å². The van der Waals surface area contributed by atoms with Crippen molar-refractivity contribution < 1.29 is 21.8 Å². The first-order chi connectivity index (χ1) is 7.40. The van der Waals surface area contributed by atoms with Crippen LogP contribution in [0.1, 0.15) is 17.7 Å². The second kappa shape index (κ2) is 4.69. The predicted molar refractivity (Wildman–Crippen MR) is 58.0 cm³/mol. The van der Waals surface area contributed by atoms with Crippen LogP contribution in [-0.2, 0) is 10.2 Å². The van der Waals surface area contributed by atoms with Crippen LogP contribution < -0.4 is 9.47 Å². The number of ether oxygens (including phenoxy) is 2. The van der Waals surface area contributed by atoms with Gasteiger partial charge in [0, 0.05) is 5.56 Å². The lowest BCUT2D eigenvalue weighted by molar-refractivity contribution is 0.398. The summed E-state index contributed by atoms with van der Waals surface area (Å²) in [4.78, 5) is 0. The van der Waals surface area contributed by atoms with E-state index in [4.69, 9.17) is 9.47 Å². The SMILES string of the molecule is COc1ccc(OC)c(C(C)S(=O)(=O)F)c1. The Labute approximate surface area is 94.2 Å². The molecule has 1 aromatic carbocycles. The maximum absolute atomic E-state index is 12.9. The highest BCUT2D eigenvalue weighted by molar-refractivity contribution is 7.86. The third-order valence-corrected chi connectivity index (χ3v) is 3.40. The van der Waals surface area contributed by atoms with Crippen LogP contribution in [0.5, 0.6) is 11.5 Å². The summed E-state index contributed by atoms with van der Waals surface area (Å²) in [6.07, 6.45) is 0.